The number of aryl methyl sites for hydroxylation is 1. The molecule has 0 fully saturated rings. The Balaban J connectivity index is 2.68. The van der Waals surface area contributed by atoms with Crippen LogP contribution in [0.15, 0.2) is 24.3 Å². The number of benzene rings is 1. The van der Waals surface area contributed by atoms with E-state index in [1.54, 1.807) is 0 Å². The minimum Gasteiger partial charge on any atom is -0.294 e. The summed E-state index contributed by atoms with van der Waals surface area (Å²) in [5.41, 5.74) is 2.51. The van der Waals surface area contributed by atoms with Gasteiger partial charge in [-0.25, -0.2) is 4.57 Å². The standard InChI is InChI=1S/C11H15O2P/c1-3-10(8-13-14-12)11-6-4-9(2)5-7-11/h4-7,10H,3,8H2,1-2H3. The van der Waals surface area contributed by atoms with E-state index in [1.165, 1.54) is 11.1 Å². The molecule has 0 aliphatic heterocycles. The molecular weight excluding hydrogens is 195 g/mol. The molecule has 1 aromatic rings. The van der Waals surface area contributed by atoms with Crippen LogP contribution >= 0.6 is 8.69 Å². The van der Waals surface area contributed by atoms with Crippen molar-refractivity contribution in [2.75, 3.05) is 6.61 Å². The first-order chi connectivity index (χ1) is 6.77. The van der Waals surface area contributed by atoms with Crippen molar-refractivity contribution in [3.8, 4) is 0 Å². The van der Waals surface area contributed by atoms with Crippen molar-refractivity contribution >= 4 is 8.69 Å². The summed E-state index contributed by atoms with van der Waals surface area (Å²) >= 11 is 0. The maximum Gasteiger partial charge on any atom is 0.327 e. The molecule has 0 saturated heterocycles. The minimum atomic E-state index is -0.230. The molecule has 0 spiro atoms. The molecular formula is C11H15O2P. The lowest BCUT2D eigenvalue weighted by atomic mass is 9.97. The average molecular weight is 210 g/mol. The van der Waals surface area contributed by atoms with Gasteiger partial charge >= 0.3 is 8.69 Å². The Labute approximate surface area is 86.6 Å². The van der Waals surface area contributed by atoms with Crippen LogP contribution < -0.4 is 0 Å². The van der Waals surface area contributed by atoms with Gasteiger partial charge in [-0.1, -0.05) is 36.8 Å². The molecule has 0 heterocycles. The maximum atomic E-state index is 10.2. The fourth-order valence-electron chi connectivity index (χ4n) is 1.41. The highest BCUT2D eigenvalue weighted by atomic mass is 31.1. The molecule has 76 valence electrons. The van der Waals surface area contributed by atoms with Gasteiger partial charge in [-0.2, -0.15) is 0 Å². The van der Waals surface area contributed by atoms with Crippen molar-refractivity contribution in [1.29, 1.82) is 0 Å². The molecule has 1 atom stereocenters. The Morgan fingerprint density at radius 1 is 1.36 bits per heavy atom. The summed E-state index contributed by atoms with van der Waals surface area (Å²) in [6.07, 6.45) is 0.999. The number of hydrogen-bond donors (Lipinski definition) is 0. The third kappa shape index (κ3) is 3.21. The second kappa shape index (κ2) is 5.90. The van der Waals surface area contributed by atoms with Gasteiger partial charge in [0.25, 0.3) is 0 Å². The van der Waals surface area contributed by atoms with E-state index < -0.39 is 0 Å². The molecule has 0 aromatic heterocycles. The van der Waals surface area contributed by atoms with E-state index in [0.717, 1.165) is 6.42 Å². The molecule has 0 aliphatic rings. The Bertz CT molecular complexity index is 282. The van der Waals surface area contributed by atoms with E-state index >= 15 is 0 Å². The summed E-state index contributed by atoms with van der Waals surface area (Å²) in [5.74, 6) is 0.344. The largest absolute Gasteiger partial charge is 0.327 e. The molecule has 0 bridgehead atoms. The van der Waals surface area contributed by atoms with Crippen LogP contribution in [0.4, 0.5) is 0 Å². The van der Waals surface area contributed by atoms with Crippen LogP contribution in [0.25, 0.3) is 0 Å². The molecule has 0 N–H and O–H groups in total. The Kier molecular flexibility index (Phi) is 4.78. The summed E-state index contributed by atoms with van der Waals surface area (Å²) in [7, 11) is -0.230. The van der Waals surface area contributed by atoms with Crippen molar-refractivity contribution in [3.05, 3.63) is 35.4 Å². The fourth-order valence-corrected chi connectivity index (χ4v) is 1.65. The molecule has 0 saturated carbocycles. The van der Waals surface area contributed by atoms with Gasteiger partial charge in [-0.3, -0.25) is 4.52 Å². The second-order valence-corrected chi connectivity index (χ2v) is 3.79. The highest BCUT2D eigenvalue weighted by molar-refractivity contribution is 7.17. The molecule has 2 nitrogen and oxygen atoms in total. The van der Waals surface area contributed by atoms with Gasteiger partial charge in [0, 0.05) is 5.92 Å². The summed E-state index contributed by atoms with van der Waals surface area (Å²) in [5, 5.41) is 0. The van der Waals surface area contributed by atoms with Gasteiger partial charge in [-0.05, 0) is 18.9 Å². The van der Waals surface area contributed by atoms with Crippen molar-refractivity contribution < 1.29 is 9.09 Å². The van der Waals surface area contributed by atoms with Crippen LogP contribution in [0.5, 0.6) is 0 Å². The smallest absolute Gasteiger partial charge is 0.294 e. The Morgan fingerprint density at radius 2 is 2.00 bits per heavy atom. The Hall–Kier alpha value is -0.720. The second-order valence-electron chi connectivity index (χ2n) is 3.39. The van der Waals surface area contributed by atoms with Gasteiger partial charge in [-0.15, -0.1) is 0 Å². The maximum absolute atomic E-state index is 10.2. The highest BCUT2D eigenvalue weighted by Gasteiger charge is 2.08. The summed E-state index contributed by atoms with van der Waals surface area (Å²) in [4.78, 5) is 0. The third-order valence-electron chi connectivity index (χ3n) is 2.37. The zero-order valence-electron chi connectivity index (χ0n) is 8.56. The van der Waals surface area contributed by atoms with Crippen LogP contribution in [0, 0.1) is 6.92 Å². The van der Waals surface area contributed by atoms with E-state index in [9.17, 15) is 4.57 Å². The minimum absolute atomic E-state index is 0.230. The first-order valence-corrected chi connectivity index (χ1v) is 5.52. The summed E-state index contributed by atoms with van der Waals surface area (Å²) in [6, 6.07) is 8.39. The molecule has 0 radical (unpaired) electrons. The predicted molar refractivity (Wildman–Crippen MR) is 57.8 cm³/mol. The first-order valence-electron chi connectivity index (χ1n) is 4.79. The van der Waals surface area contributed by atoms with E-state index in [2.05, 4.69) is 38.1 Å². The van der Waals surface area contributed by atoms with Crippen molar-refractivity contribution in [1.82, 2.24) is 0 Å². The van der Waals surface area contributed by atoms with Gasteiger partial charge in [0.05, 0.1) is 6.61 Å². The highest BCUT2D eigenvalue weighted by Crippen LogP contribution is 2.21. The molecule has 1 aromatic carbocycles. The lowest BCUT2D eigenvalue weighted by Crippen LogP contribution is -2.03. The molecule has 14 heavy (non-hydrogen) atoms. The monoisotopic (exact) mass is 210 g/mol. The van der Waals surface area contributed by atoms with Crippen LogP contribution in [-0.4, -0.2) is 6.61 Å². The molecule has 3 heteroatoms. The molecule has 1 unspecified atom stereocenters. The van der Waals surface area contributed by atoms with E-state index in [0.29, 0.717) is 12.5 Å². The van der Waals surface area contributed by atoms with Crippen molar-refractivity contribution in [3.63, 3.8) is 0 Å². The van der Waals surface area contributed by atoms with Gasteiger partial charge in [0.1, 0.15) is 0 Å². The van der Waals surface area contributed by atoms with Gasteiger partial charge in [0.2, 0.25) is 0 Å². The van der Waals surface area contributed by atoms with Crippen LogP contribution in [0.3, 0.4) is 0 Å². The molecule has 1 rings (SSSR count). The van der Waals surface area contributed by atoms with Crippen molar-refractivity contribution in [2.45, 2.75) is 26.2 Å². The summed E-state index contributed by atoms with van der Waals surface area (Å²) < 4.78 is 15.1. The quantitative estimate of drug-likeness (QED) is 0.692. The normalized spacial score (nSPS) is 13.0. The Morgan fingerprint density at radius 3 is 2.50 bits per heavy atom. The predicted octanol–water partition coefficient (Wildman–Crippen LogP) is 3.71. The van der Waals surface area contributed by atoms with Crippen molar-refractivity contribution in [2.24, 2.45) is 0 Å². The zero-order valence-corrected chi connectivity index (χ0v) is 9.46. The van der Waals surface area contributed by atoms with Gasteiger partial charge < -0.3 is 0 Å². The lowest BCUT2D eigenvalue weighted by Gasteiger charge is -2.13. The fraction of sp³-hybridized carbons (Fsp3) is 0.455. The lowest BCUT2D eigenvalue weighted by molar-refractivity contribution is 0.308. The number of rotatable bonds is 5. The first kappa shape index (κ1) is 11.4. The summed E-state index contributed by atoms with van der Waals surface area (Å²) in [6.45, 7) is 4.69. The molecule has 0 amide bonds. The zero-order chi connectivity index (χ0) is 10.4. The van der Waals surface area contributed by atoms with Crippen LogP contribution in [-0.2, 0) is 9.09 Å². The third-order valence-corrected chi connectivity index (χ3v) is 2.62. The van der Waals surface area contributed by atoms with Crippen LogP contribution in [0.2, 0.25) is 0 Å². The molecule has 0 aliphatic carbocycles. The van der Waals surface area contributed by atoms with Gasteiger partial charge in [0.15, 0.2) is 0 Å². The van der Waals surface area contributed by atoms with E-state index in [-0.39, 0.29) is 8.69 Å². The van der Waals surface area contributed by atoms with Crippen LogP contribution in [0.1, 0.15) is 30.4 Å². The number of hydrogen-bond acceptors (Lipinski definition) is 2. The van der Waals surface area contributed by atoms with E-state index in [1.807, 2.05) is 0 Å². The topological polar surface area (TPSA) is 26.3 Å². The average Bonchev–Trinajstić information content (AvgIpc) is 2.21. The SMILES string of the molecule is CCC(COP=O)c1ccc(C)cc1. The van der Waals surface area contributed by atoms with E-state index in [4.69, 9.17) is 4.52 Å².